The minimum Gasteiger partial charge on any atom is -0.339 e. The highest BCUT2D eigenvalue weighted by Crippen LogP contribution is 2.25. The van der Waals surface area contributed by atoms with Crippen molar-refractivity contribution in [2.45, 2.75) is 13.8 Å². The molecule has 0 aliphatic rings. The van der Waals surface area contributed by atoms with E-state index in [9.17, 15) is 10.1 Å². The Morgan fingerprint density at radius 1 is 1.71 bits per heavy atom. The van der Waals surface area contributed by atoms with E-state index in [2.05, 4.69) is 15.3 Å². The predicted molar refractivity (Wildman–Crippen MR) is 67.3 cm³/mol. The van der Waals surface area contributed by atoms with E-state index in [0.29, 0.717) is 16.9 Å². The molecule has 1 aromatic rings. The molecule has 0 unspecified atom stereocenters. The Balaban J connectivity index is 2.94. The number of rotatable bonds is 4. The van der Waals surface area contributed by atoms with Gasteiger partial charge in [-0.05, 0) is 6.92 Å². The number of nitro groups is 1. The highest BCUT2D eigenvalue weighted by molar-refractivity contribution is 6.21. The molecule has 6 nitrogen and oxygen atoms in total. The topological polar surface area (TPSA) is 80.4 Å². The summed E-state index contributed by atoms with van der Waals surface area (Å²) in [5.41, 5.74) is 1.35. The first-order valence-electron chi connectivity index (χ1n) is 4.82. The second-order valence-corrected chi connectivity index (χ2v) is 3.34. The third-order valence-corrected chi connectivity index (χ3v) is 1.88. The first kappa shape index (κ1) is 12.9. The van der Waals surface area contributed by atoms with E-state index in [0.717, 1.165) is 0 Å². The summed E-state index contributed by atoms with van der Waals surface area (Å²) in [7, 11) is 5.38. The van der Waals surface area contributed by atoms with Gasteiger partial charge in [-0.3, -0.25) is 15.1 Å². The largest absolute Gasteiger partial charge is 0.339 e. The van der Waals surface area contributed by atoms with Crippen molar-refractivity contribution in [1.29, 1.82) is 0 Å². The molecular weight excluding hydrogens is 219 g/mol. The van der Waals surface area contributed by atoms with Crippen LogP contribution in [0, 0.1) is 17.0 Å². The first-order valence-corrected chi connectivity index (χ1v) is 4.82. The molecule has 0 aliphatic carbocycles. The van der Waals surface area contributed by atoms with Crippen molar-refractivity contribution in [3.05, 3.63) is 39.7 Å². The Labute approximate surface area is 100 Å². The molecule has 1 N–H and O–H groups in total. The van der Waals surface area contributed by atoms with E-state index < -0.39 is 4.92 Å². The molecule has 0 spiro atoms. The van der Waals surface area contributed by atoms with Crippen LogP contribution in [0.15, 0.2) is 28.9 Å². The molecule has 0 fully saturated rings. The van der Waals surface area contributed by atoms with Crippen LogP contribution in [0.5, 0.6) is 0 Å². The van der Waals surface area contributed by atoms with Crippen molar-refractivity contribution >= 4 is 25.6 Å². The van der Waals surface area contributed by atoms with E-state index in [1.807, 2.05) is 0 Å². The Bertz CT molecular complexity index is 481. The minimum absolute atomic E-state index is 0.0441. The van der Waals surface area contributed by atoms with Crippen LogP contribution < -0.4 is 5.32 Å². The summed E-state index contributed by atoms with van der Waals surface area (Å²) in [6, 6.07) is 1.33. The lowest BCUT2D eigenvalue weighted by Crippen LogP contribution is -2.03. The molecule has 0 aliphatic heterocycles. The van der Waals surface area contributed by atoms with Crippen molar-refractivity contribution in [2.75, 3.05) is 5.32 Å². The van der Waals surface area contributed by atoms with Crippen molar-refractivity contribution in [2.24, 2.45) is 4.99 Å². The van der Waals surface area contributed by atoms with Gasteiger partial charge in [0.15, 0.2) is 0 Å². The van der Waals surface area contributed by atoms with E-state index in [-0.39, 0.29) is 5.69 Å². The van der Waals surface area contributed by atoms with Crippen LogP contribution in [0.2, 0.25) is 0 Å². The zero-order valence-corrected chi connectivity index (χ0v) is 9.54. The van der Waals surface area contributed by atoms with Crippen LogP contribution in [0.1, 0.15) is 12.6 Å². The lowest BCUT2D eigenvalue weighted by Gasteiger charge is -2.04. The maximum Gasteiger partial charge on any atom is 0.296 e. The van der Waals surface area contributed by atoms with Crippen LogP contribution >= 0.6 is 0 Å². The molecule has 0 saturated heterocycles. The van der Waals surface area contributed by atoms with Gasteiger partial charge in [-0.1, -0.05) is 6.92 Å². The molecule has 0 aromatic carbocycles. The fourth-order valence-electron chi connectivity index (χ4n) is 1.14. The number of nitrogens with one attached hydrogen (secondary N) is 1. The van der Waals surface area contributed by atoms with Gasteiger partial charge in [0.25, 0.3) is 5.69 Å². The SMILES string of the molecule is [B]/C(C)=C/N=CNc1c([N+](=O)[O-])ccnc1C. The highest BCUT2D eigenvalue weighted by Gasteiger charge is 2.14. The average molecular weight is 230 g/mol. The molecular formula is C10H11BN4O2. The van der Waals surface area contributed by atoms with Gasteiger partial charge in [-0.15, -0.1) is 5.47 Å². The van der Waals surface area contributed by atoms with Gasteiger partial charge >= 0.3 is 0 Å². The third kappa shape index (κ3) is 3.71. The average Bonchev–Trinajstić information content (AvgIpc) is 2.25. The normalized spacial score (nSPS) is 11.8. The Morgan fingerprint density at radius 3 is 3.00 bits per heavy atom. The van der Waals surface area contributed by atoms with Crippen LogP contribution in [0.25, 0.3) is 0 Å². The Hall–Kier alpha value is -2.18. The molecule has 0 amide bonds. The summed E-state index contributed by atoms with van der Waals surface area (Å²) < 4.78 is 0. The number of aliphatic imine (C=N–C) groups is 1. The second-order valence-electron chi connectivity index (χ2n) is 3.34. The van der Waals surface area contributed by atoms with Crippen molar-refractivity contribution in [1.82, 2.24) is 4.98 Å². The van der Waals surface area contributed by atoms with Gasteiger partial charge in [-0.2, -0.15) is 0 Å². The number of allylic oxidation sites excluding steroid dienone is 1. The maximum atomic E-state index is 10.8. The summed E-state index contributed by atoms with van der Waals surface area (Å²) >= 11 is 0. The molecule has 1 heterocycles. The van der Waals surface area contributed by atoms with E-state index in [4.69, 9.17) is 7.85 Å². The van der Waals surface area contributed by atoms with Gasteiger partial charge in [0, 0.05) is 18.5 Å². The zero-order valence-electron chi connectivity index (χ0n) is 9.54. The number of aromatic nitrogens is 1. The number of anilines is 1. The molecule has 1 aromatic heterocycles. The minimum atomic E-state index is -0.477. The summed E-state index contributed by atoms with van der Waals surface area (Å²) in [5.74, 6) is 0. The number of aryl methyl sites for hydroxylation is 1. The fourth-order valence-corrected chi connectivity index (χ4v) is 1.14. The molecule has 17 heavy (non-hydrogen) atoms. The van der Waals surface area contributed by atoms with Gasteiger partial charge in [0.05, 0.1) is 17.0 Å². The molecule has 7 heteroatoms. The maximum absolute atomic E-state index is 10.8. The monoisotopic (exact) mass is 230 g/mol. The highest BCUT2D eigenvalue weighted by atomic mass is 16.6. The number of hydrogen-bond acceptors (Lipinski definition) is 4. The molecule has 0 atom stereocenters. The lowest BCUT2D eigenvalue weighted by atomic mass is 10.00. The summed E-state index contributed by atoms with van der Waals surface area (Å²) in [6.45, 7) is 3.36. The predicted octanol–water partition coefficient (Wildman–Crippen LogP) is 1.77. The summed E-state index contributed by atoms with van der Waals surface area (Å²) in [5, 5.41) is 13.5. The summed E-state index contributed by atoms with van der Waals surface area (Å²) in [6.07, 6.45) is 4.15. The standard InChI is InChI=1S/C10H11BN4O2/c1-7(11)5-12-6-14-10-8(2)13-4-3-9(10)15(16)17/h3-6H,1-2H3,(H,12,14)/b7-5+. The zero-order chi connectivity index (χ0) is 12.8. The molecule has 86 valence electrons. The van der Waals surface area contributed by atoms with Gasteiger partial charge in [-0.25, -0.2) is 4.99 Å². The van der Waals surface area contributed by atoms with E-state index in [1.54, 1.807) is 13.8 Å². The molecule has 0 bridgehead atoms. The fraction of sp³-hybridized carbons (Fsp3) is 0.200. The molecule has 0 saturated carbocycles. The van der Waals surface area contributed by atoms with Crippen molar-refractivity contribution < 1.29 is 4.92 Å². The number of hydrogen-bond donors (Lipinski definition) is 1. The number of nitrogens with zero attached hydrogens (tertiary/aromatic N) is 3. The van der Waals surface area contributed by atoms with Gasteiger partial charge < -0.3 is 5.32 Å². The van der Waals surface area contributed by atoms with Gasteiger partial charge in [0.2, 0.25) is 0 Å². The first-order chi connectivity index (χ1) is 8.02. The van der Waals surface area contributed by atoms with Crippen LogP contribution in [-0.4, -0.2) is 24.1 Å². The van der Waals surface area contributed by atoms with Gasteiger partial charge in [0.1, 0.15) is 13.5 Å². The Morgan fingerprint density at radius 2 is 2.41 bits per heavy atom. The quantitative estimate of drug-likeness (QED) is 0.281. The van der Waals surface area contributed by atoms with E-state index in [1.165, 1.54) is 24.8 Å². The van der Waals surface area contributed by atoms with Crippen LogP contribution in [-0.2, 0) is 0 Å². The lowest BCUT2D eigenvalue weighted by molar-refractivity contribution is -0.384. The molecule has 1 rings (SSSR count). The van der Waals surface area contributed by atoms with Crippen LogP contribution in [0.3, 0.4) is 0 Å². The Kier molecular flexibility index (Phi) is 4.39. The number of pyridine rings is 1. The molecule has 2 radical (unpaired) electrons. The summed E-state index contributed by atoms with van der Waals surface area (Å²) in [4.78, 5) is 18.1. The van der Waals surface area contributed by atoms with Crippen molar-refractivity contribution in [3.63, 3.8) is 0 Å². The smallest absolute Gasteiger partial charge is 0.296 e. The van der Waals surface area contributed by atoms with Crippen molar-refractivity contribution in [3.8, 4) is 0 Å². The van der Waals surface area contributed by atoms with Crippen LogP contribution in [0.4, 0.5) is 11.4 Å². The second kappa shape index (κ2) is 5.79. The third-order valence-electron chi connectivity index (χ3n) is 1.88. The van der Waals surface area contributed by atoms with E-state index >= 15 is 0 Å².